The highest BCUT2D eigenvalue weighted by atomic mass is 35.5. The van der Waals surface area contributed by atoms with Gasteiger partial charge in [-0.3, -0.25) is 14.4 Å². The number of sulfone groups is 1. The first kappa shape index (κ1) is 26.0. The second-order valence-corrected chi connectivity index (χ2v) is 8.22. The minimum Gasteiger partial charge on any atom is -0.368 e. The molecule has 0 heterocycles. The lowest BCUT2D eigenvalue weighted by Crippen LogP contribution is -2.63. The molecule has 8 nitrogen and oxygen atoms in total. The van der Waals surface area contributed by atoms with E-state index in [2.05, 4.69) is 5.32 Å². The normalized spacial score (nSPS) is 13.6. The number of rotatable bonds is 12. The van der Waals surface area contributed by atoms with E-state index in [1.54, 1.807) is 0 Å². The zero-order valence-electron chi connectivity index (χ0n) is 15.0. The average molecular weight is 400 g/mol. The maximum absolute atomic E-state index is 12.6. The molecule has 10 heteroatoms. The van der Waals surface area contributed by atoms with Crippen LogP contribution in [0, 0.1) is 0 Å². The molecule has 25 heavy (non-hydrogen) atoms. The van der Waals surface area contributed by atoms with E-state index in [1.165, 1.54) is 7.05 Å². The molecule has 0 aromatic carbocycles. The first-order chi connectivity index (χ1) is 11.0. The predicted molar refractivity (Wildman–Crippen MR) is 99.1 cm³/mol. The van der Waals surface area contributed by atoms with Crippen molar-refractivity contribution >= 4 is 39.8 Å². The van der Waals surface area contributed by atoms with Crippen LogP contribution in [-0.2, 0) is 24.2 Å². The third kappa shape index (κ3) is 7.70. The van der Waals surface area contributed by atoms with Crippen LogP contribution < -0.4 is 16.8 Å². The Morgan fingerprint density at radius 2 is 1.56 bits per heavy atom. The second-order valence-electron chi connectivity index (χ2n) is 5.94. The molecular formula is C15H30ClN3O5S. The van der Waals surface area contributed by atoms with Crippen molar-refractivity contribution in [2.75, 3.05) is 12.8 Å². The molecule has 148 valence electrons. The number of carbonyl (C=O) groups excluding carboxylic acids is 3. The number of primary amides is 1. The molecule has 0 aromatic heterocycles. The van der Waals surface area contributed by atoms with Crippen LogP contribution in [-0.4, -0.2) is 49.6 Å². The summed E-state index contributed by atoms with van der Waals surface area (Å²) in [5.41, 5.74) is 8.70. The molecule has 0 unspecified atom stereocenters. The second kappa shape index (κ2) is 11.4. The van der Waals surface area contributed by atoms with Crippen molar-refractivity contribution in [3.63, 3.8) is 0 Å². The Bertz CT molecular complexity index is 562. The molecule has 0 aliphatic rings. The first-order valence-corrected chi connectivity index (χ1v) is 9.80. The Kier molecular flexibility index (Phi) is 11.9. The van der Waals surface area contributed by atoms with Gasteiger partial charge in [0.15, 0.2) is 21.2 Å². The highest BCUT2D eigenvalue weighted by molar-refractivity contribution is 7.92. The van der Waals surface area contributed by atoms with Gasteiger partial charge in [-0.1, -0.05) is 26.7 Å². The van der Waals surface area contributed by atoms with E-state index in [9.17, 15) is 22.8 Å². The zero-order chi connectivity index (χ0) is 19.0. The number of Topliss-reactive ketones (excluding diaryl/α,β-unsaturated/α-hetero) is 1. The standard InChI is InChI=1S/C15H29N3O5S.ClH/c1-4-6-11(7-5-2)24(22,23)10-15(17,14(16)21)12(19)8-9-13(20)18-3;/h11H,4-10,17H2,1-3H3,(H2,16,21)(H,18,20);1H/t15-;/m1./s1. The van der Waals surface area contributed by atoms with Gasteiger partial charge < -0.3 is 16.8 Å². The van der Waals surface area contributed by atoms with Gasteiger partial charge in [0.05, 0.1) is 11.0 Å². The largest absolute Gasteiger partial charge is 0.368 e. The lowest BCUT2D eigenvalue weighted by atomic mass is 9.93. The highest BCUT2D eigenvalue weighted by Gasteiger charge is 2.45. The van der Waals surface area contributed by atoms with E-state index in [1.807, 2.05) is 13.8 Å². The molecule has 5 N–H and O–H groups in total. The molecule has 0 saturated heterocycles. The summed E-state index contributed by atoms with van der Waals surface area (Å²) < 4.78 is 25.2. The zero-order valence-corrected chi connectivity index (χ0v) is 16.7. The lowest BCUT2D eigenvalue weighted by molar-refractivity contribution is -0.134. The number of hydrogen-bond donors (Lipinski definition) is 3. The van der Waals surface area contributed by atoms with Gasteiger partial charge in [0, 0.05) is 19.9 Å². The predicted octanol–water partition coefficient (Wildman–Crippen LogP) is 0.0699. The minimum absolute atomic E-state index is 0. The van der Waals surface area contributed by atoms with Crippen LogP contribution in [0.1, 0.15) is 52.4 Å². The maximum atomic E-state index is 12.6. The van der Waals surface area contributed by atoms with E-state index >= 15 is 0 Å². The van der Waals surface area contributed by atoms with Crippen LogP contribution in [0.15, 0.2) is 0 Å². The van der Waals surface area contributed by atoms with Gasteiger partial charge in [0.2, 0.25) is 11.8 Å². The van der Waals surface area contributed by atoms with Crippen molar-refractivity contribution in [3.05, 3.63) is 0 Å². The fourth-order valence-electron chi connectivity index (χ4n) is 2.45. The third-order valence-corrected chi connectivity index (χ3v) is 6.30. The molecule has 0 saturated carbocycles. The lowest BCUT2D eigenvalue weighted by Gasteiger charge is -2.27. The Balaban J connectivity index is 0. The molecule has 0 aromatic rings. The molecule has 0 spiro atoms. The van der Waals surface area contributed by atoms with Crippen LogP contribution >= 0.6 is 12.4 Å². The van der Waals surface area contributed by atoms with E-state index in [4.69, 9.17) is 11.5 Å². The molecule has 0 fully saturated rings. The molecule has 0 aliphatic heterocycles. The van der Waals surface area contributed by atoms with E-state index in [-0.39, 0.29) is 25.2 Å². The SMILES string of the molecule is CCCC(CCC)S(=O)(=O)C[C@](N)(C(N)=O)C(=O)CCC(=O)NC.Cl. The number of nitrogens with one attached hydrogen (secondary N) is 1. The van der Waals surface area contributed by atoms with Crippen molar-refractivity contribution in [1.82, 2.24) is 5.32 Å². The topological polar surface area (TPSA) is 149 Å². The first-order valence-electron chi connectivity index (χ1n) is 8.09. The van der Waals surface area contributed by atoms with Crippen LogP contribution in [0.5, 0.6) is 0 Å². The number of hydrogen-bond acceptors (Lipinski definition) is 6. The summed E-state index contributed by atoms with van der Waals surface area (Å²) in [5, 5.41) is 1.67. The molecule has 0 radical (unpaired) electrons. The summed E-state index contributed by atoms with van der Waals surface area (Å²) in [6, 6.07) is 0. The van der Waals surface area contributed by atoms with Gasteiger partial charge in [0.1, 0.15) is 0 Å². The monoisotopic (exact) mass is 399 g/mol. The van der Waals surface area contributed by atoms with E-state index in [0.717, 1.165) is 0 Å². The number of carbonyl (C=O) groups is 3. The summed E-state index contributed by atoms with van der Waals surface area (Å²) >= 11 is 0. The van der Waals surface area contributed by atoms with Crippen LogP contribution in [0.25, 0.3) is 0 Å². The fraction of sp³-hybridized carbons (Fsp3) is 0.800. The summed E-state index contributed by atoms with van der Waals surface area (Å²) in [6.07, 6.45) is 1.63. The van der Waals surface area contributed by atoms with Gasteiger partial charge in [-0.15, -0.1) is 12.4 Å². The molecule has 0 aliphatic carbocycles. The highest BCUT2D eigenvalue weighted by Crippen LogP contribution is 2.20. The van der Waals surface area contributed by atoms with Crippen molar-refractivity contribution in [2.45, 2.75) is 63.2 Å². The van der Waals surface area contributed by atoms with Crippen LogP contribution in [0.4, 0.5) is 0 Å². The number of halogens is 1. The molecule has 0 rings (SSSR count). The quantitative estimate of drug-likeness (QED) is 0.395. The fourth-order valence-corrected chi connectivity index (χ4v) is 4.81. The number of ketones is 1. The third-order valence-electron chi connectivity index (χ3n) is 3.95. The molecule has 2 amide bonds. The van der Waals surface area contributed by atoms with Crippen molar-refractivity contribution < 1.29 is 22.8 Å². The van der Waals surface area contributed by atoms with Crippen LogP contribution in [0.2, 0.25) is 0 Å². The minimum atomic E-state index is -3.79. The van der Waals surface area contributed by atoms with Gasteiger partial charge in [-0.25, -0.2) is 8.42 Å². The molecule has 1 atom stereocenters. The van der Waals surface area contributed by atoms with Gasteiger partial charge in [0.25, 0.3) is 0 Å². The number of nitrogens with two attached hydrogens (primary N) is 2. The van der Waals surface area contributed by atoms with Crippen molar-refractivity contribution in [3.8, 4) is 0 Å². The van der Waals surface area contributed by atoms with E-state index < -0.39 is 44.0 Å². The summed E-state index contributed by atoms with van der Waals surface area (Å²) in [5.74, 6) is -3.27. The molecule has 0 bridgehead atoms. The van der Waals surface area contributed by atoms with Gasteiger partial charge in [-0.05, 0) is 12.8 Å². The Morgan fingerprint density at radius 3 is 1.92 bits per heavy atom. The summed E-state index contributed by atoms with van der Waals surface area (Å²) in [4.78, 5) is 35.2. The summed E-state index contributed by atoms with van der Waals surface area (Å²) in [7, 11) is -2.38. The molecular weight excluding hydrogens is 370 g/mol. The summed E-state index contributed by atoms with van der Waals surface area (Å²) in [6.45, 7) is 3.72. The van der Waals surface area contributed by atoms with Gasteiger partial charge >= 0.3 is 0 Å². The Labute approximate surface area is 155 Å². The Morgan fingerprint density at radius 1 is 1.08 bits per heavy atom. The van der Waals surface area contributed by atoms with E-state index in [0.29, 0.717) is 25.7 Å². The average Bonchev–Trinajstić information content (AvgIpc) is 2.51. The number of amides is 2. The maximum Gasteiger partial charge on any atom is 0.246 e. The van der Waals surface area contributed by atoms with Crippen LogP contribution in [0.3, 0.4) is 0 Å². The van der Waals surface area contributed by atoms with Crippen molar-refractivity contribution in [2.24, 2.45) is 11.5 Å². The smallest absolute Gasteiger partial charge is 0.246 e. The van der Waals surface area contributed by atoms with Crippen molar-refractivity contribution in [1.29, 1.82) is 0 Å². The Hall–Kier alpha value is -1.19. The van der Waals surface area contributed by atoms with Gasteiger partial charge in [-0.2, -0.15) is 0 Å².